The van der Waals surface area contributed by atoms with Crippen LogP contribution in [-0.4, -0.2) is 40.8 Å². The van der Waals surface area contributed by atoms with E-state index >= 15 is 0 Å². The average molecular weight is 291 g/mol. The summed E-state index contributed by atoms with van der Waals surface area (Å²) in [5.41, 5.74) is 0. The van der Waals surface area contributed by atoms with Crippen LogP contribution in [0.2, 0.25) is 5.15 Å². The van der Waals surface area contributed by atoms with Gasteiger partial charge < -0.3 is 5.32 Å². The number of nitrogens with one attached hydrogen (secondary N) is 1. The Kier molecular flexibility index (Phi) is 4.03. The van der Waals surface area contributed by atoms with Gasteiger partial charge in [-0.05, 0) is 32.9 Å². The molecule has 0 spiro atoms. The minimum absolute atomic E-state index is 0.457. The van der Waals surface area contributed by atoms with Crippen molar-refractivity contribution in [3.63, 3.8) is 0 Å². The highest BCUT2D eigenvalue weighted by Gasteiger charge is 2.18. The maximum absolute atomic E-state index is 6.09. The molecule has 0 bridgehead atoms. The molecular weight excluding hydrogens is 272 g/mol. The maximum Gasteiger partial charge on any atom is 0.159 e. The topological polar surface area (TPSA) is 41.1 Å². The first-order valence-corrected chi connectivity index (χ1v) is 7.52. The molecule has 2 heterocycles. The Labute approximate surface area is 124 Å². The predicted octanol–water partition coefficient (Wildman–Crippen LogP) is 3.18. The lowest BCUT2D eigenvalue weighted by molar-refractivity contribution is 0.269. The maximum atomic E-state index is 6.09. The smallest absolute Gasteiger partial charge is 0.159 e. The van der Waals surface area contributed by atoms with Crippen LogP contribution in [0.4, 0.5) is 5.82 Å². The number of fused-ring (bicyclic) bond motifs is 1. The third-order valence-corrected chi connectivity index (χ3v) is 4.25. The minimum atomic E-state index is 0.457. The van der Waals surface area contributed by atoms with Crippen LogP contribution in [0.25, 0.3) is 10.8 Å². The Bertz CT molecular complexity index is 595. The van der Waals surface area contributed by atoms with Crippen LogP contribution in [0.3, 0.4) is 0 Å². The number of nitrogens with zero attached hydrogens (tertiary/aromatic N) is 3. The minimum Gasteiger partial charge on any atom is -0.367 e. The summed E-state index contributed by atoms with van der Waals surface area (Å²) in [7, 11) is 0. The van der Waals surface area contributed by atoms with Crippen LogP contribution in [0.5, 0.6) is 0 Å². The molecule has 0 saturated carbocycles. The number of rotatable bonds is 4. The fourth-order valence-corrected chi connectivity index (χ4v) is 2.96. The quantitative estimate of drug-likeness (QED) is 0.939. The zero-order valence-corrected chi connectivity index (χ0v) is 12.4. The number of anilines is 1. The summed E-state index contributed by atoms with van der Waals surface area (Å²) in [5, 5.41) is 14.1. The van der Waals surface area contributed by atoms with E-state index in [1.807, 2.05) is 24.3 Å². The van der Waals surface area contributed by atoms with Crippen LogP contribution in [0.15, 0.2) is 24.3 Å². The molecule has 1 aliphatic heterocycles. The number of aromatic nitrogens is 2. The van der Waals surface area contributed by atoms with E-state index in [0.29, 0.717) is 11.2 Å². The van der Waals surface area contributed by atoms with Gasteiger partial charge in [0.05, 0.1) is 0 Å². The molecule has 2 aromatic rings. The lowest BCUT2D eigenvalue weighted by Gasteiger charge is -2.24. The van der Waals surface area contributed by atoms with Gasteiger partial charge in [-0.2, -0.15) is 0 Å². The van der Waals surface area contributed by atoms with E-state index in [1.54, 1.807) is 0 Å². The second-order valence-electron chi connectivity index (χ2n) is 5.36. The van der Waals surface area contributed by atoms with E-state index in [-0.39, 0.29) is 0 Å². The third kappa shape index (κ3) is 2.72. The lowest BCUT2D eigenvalue weighted by Crippen LogP contribution is -2.35. The number of hydrogen-bond donors (Lipinski definition) is 1. The fourth-order valence-electron chi connectivity index (χ4n) is 2.76. The van der Waals surface area contributed by atoms with E-state index in [0.717, 1.165) is 23.1 Å². The second kappa shape index (κ2) is 5.94. The Hall–Kier alpha value is -1.39. The molecule has 1 unspecified atom stereocenters. The molecule has 1 aromatic carbocycles. The van der Waals surface area contributed by atoms with Crippen molar-refractivity contribution < 1.29 is 0 Å². The zero-order chi connectivity index (χ0) is 13.9. The van der Waals surface area contributed by atoms with Gasteiger partial charge in [-0.25, -0.2) is 0 Å². The first-order chi connectivity index (χ1) is 9.75. The molecule has 3 rings (SSSR count). The highest BCUT2D eigenvalue weighted by molar-refractivity contribution is 6.34. The van der Waals surface area contributed by atoms with E-state index in [2.05, 4.69) is 27.3 Å². The summed E-state index contributed by atoms with van der Waals surface area (Å²) in [6, 6.07) is 8.47. The van der Waals surface area contributed by atoms with Crippen molar-refractivity contribution in [2.45, 2.75) is 25.8 Å². The van der Waals surface area contributed by atoms with Gasteiger partial charge in [0.25, 0.3) is 0 Å². The summed E-state index contributed by atoms with van der Waals surface area (Å²) in [4.78, 5) is 2.51. The Morgan fingerprint density at radius 1 is 1.20 bits per heavy atom. The highest BCUT2D eigenvalue weighted by atomic mass is 35.5. The third-order valence-electron chi connectivity index (χ3n) is 3.97. The Morgan fingerprint density at radius 2 is 1.90 bits per heavy atom. The van der Waals surface area contributed by atoms with Crippen molar-refractivity contribution in [1.82, 2.24) is 15.1 Å². The highest BCUT2D eigenvalue weighted by Crippen LogP contribution is 2.25. The summed E-state index contributed by atoms with van der Waals surface area (Å²) >= 11 is 6.09. The summed E-state index contributed by atoms with van der Waals surface area (Å²) in [6.07, 6.45) is 2.63. The summed E-state index contributed by atoms with van der Waals surface area (Å²) in [6.45, 7) is 5.54. The van der Waals surface area contributed by atoms with Crippen molar-refractivity contribution in [1.29, 1.82) is 0 Å². The van der Waals surface area contributed by atoms with Gasteiger partial charge in [0.2, 0.25) is 0 Å². The number of likely N-dealkylation sites (tertiary alicyclic amines) is 1. The largest absolute Gasteiger partial charge is 0.367 e. The van der Waals surface area contributed by atoms with Crippen molar-refractivity contribution in [2.24, 2.45) is 0 Å². The van der Waals surface area contributed by atoms with E-state index in [1.165, 1.54) is 25.9 Å². The molecule has 106 valence electrons. The zero-order valence-electron chi connectivity index (χ0n) is 11.6. The average Bonchev–Trinajstić information content (AvgIpc) is 3.01. The standard InChI is InChI=1S/C15H19ClN4/c1-11(20-8-4-5-9-20)10-17-15-13-7-3-2-6-12(13)14(16)18-19-15/h2-3,6-7,11H,4-5,8-10H2,1H3,(H,17,19). The molecule has 5 heteroatoms. The van der Waals surface area contributed by atoms with Crippen LogP contribution in [0, 0.1) is 0 Å². The van der Waals surface area contributed by atoms with E-state index < -0.39 is 0 Å². The number of benzene rings is 1. The van der Waals surface area contributed by atoms with Gasteiger partial charge in [0.15, 0.2) is 11.0 Å². The van der Waals surface area contributed by atoms with Crippen molar-refractivity contribution in [3.8, 4) is 0 Å². The summed E-state index contributed by atoms with van der Waals surface area (Å²) in [5.74, 6) is 0.816. The second-order valence-corrected chi connectivity index (χ2v) is 5.72. The van der Waals surface area contributed by atoms with Crippen LogP contribution in [0.1, 0.15) is 19.8 Å². The number of hydrogen-bond acceptors (Lipinski definition) is 4. The first-order valence-electron chi connectivity index (χ1n) is 7.14. The van der Waals surface area contributed by atoms with Gasteiger partial charge in [0, 0.05) is 23.4 Å². The van der Waals surface area contributed by atoms with Gasteiger partial charge in [-0.1, -0.05) is 35.9 Å². The van der Waals surface area contributed by atoms with Crippen molar-refractivity contribution in [3.05, 3.63) is 29.4 Å². The predicted molar refractivity (Wildman–Crippen MR) is 83.3 cm³/mol. The molecule has 0 radical (unpaired) electrons. The van der Waals surface area contributed by atoms with Gasteiger partial charge in [0.1, 0.15) is 0 Å². The molecule has 20 heavy (non-hydrogen) atoms. The van der Waals surface area contributed by atoms with Crippen LogP contribution >= 0.6 is 11.6 Å². The lowest BCUT2D eigenvalue weighted by atomic mass is 10.2. The molecule has 1 aromatic heterocycles. The first kappa shape index (κ1) is 13.6. The van der Waals surface area contributed by atoms with Gasteiger partial charge in [-0.15, -0.1) is 10.2 Å². The molecule has 1 atom stereocenters. The molecule has 0 aliphatic carbocycles. The van der Waals surface area contributed by atoms with Crippen molar-refractivity contribution in [2.75, 3.05) is 25.0 Å². The monoisotopic (exact) mass is 290 g/mol. The van der Waals surface area contributed by atoms with Gasteiger partial charge >= 0.3 is 0 Å². The molecule has 1 aliphatic rings. The van der Waals surface area contributed by atoms with Crippen LogP contribution in [-0.2, 0) is 0 Å². The molecule has 1 N–H and O–H groups in total. The number of halogens is 1. The molecular formula is C15H19ClN4. The normalized spacial score (nSPS) is 17.5. The molecule has 1 saturated heterocycles. The van der Waals surface area contributed by atoms with E-state index in [4.69, 9.17) is 11.6 Å². The van der Waals surface area contributed by atoms with Crippen molar-refractivity contribution >= 4 is 28.2 Å². The molecule has 0 amide bonds. The SMILES string of the molecule is CC(CNc1nnc(Cl)c2ccccc12)N1CCCC1. The Morgan fingerprint density at radius 3 is 2.65 bits per heavy atom. The molecule has 4 nitrogen and oxygen atoms in total. The van der Waals surface area contributed by atoms with Crippen LogP contribution < -0.4 is 5.32 Å². The van der Waals surface area contributed by atoms with Gasteiger partial charge in [-0.3, -0.25) is 4.90 Å². The summed E-state index contributed by atoms with van der Waals surface area (Å²) < 4.78 is 0. The van der Waals surface area contributed by atoms with E-state index in [9.17, 15) is 0 Å². The molecule has 1 fully saturated rings. The Balaban J connectivity index is 1.76. The fraction of sp³-hybridized carbons (Fsp3) is 0.467.